The molecule has 0 heterocycles. The van der Waals surface area contributed by atoms with Gasteiger partial charge in [0.1, 0.15) is 11.6 Å². The molecule has 0 fully saturated rings. The molecular formula is C14H29N3O3. The molecule has 0 aliphatic rings. The van der Waals surface area contributed by atoms with Crippen LogP contribution in [0.3, 0.4) is 0 Å². The number of hydrogen-bond acceptors (Lipinski definition) is 4. The Balaban J connectivity index is 4.47. The first-order valence-corrected chi connectivity index (χ1v) is 7.07. The number of rotatable bonds is 7. The Morgan fingerprint density at radius 2 is 1.75 bits per heavy atom. The van der Waals surface area contributed by atoms with Crippen molar-refractivity contribution in [2.75, 3.05) is 20.1 Å². The highest BCUT2D eigenvalue weighted by molar-refractivity contribution is 5.85. The van der Waals surface area contributed by atoms with Crippen molar-refractivity contribution in [3.63, 3.8) is 0 Å². The molecule has 1 atom stereocenters. The van der Waals surface area contributed by atoms with Gasteiger partial charge in [-0.05, 0) is 40.2 Å². The van der Waals surface area contributed by atoms with Gasteiger partial charge < -0.3 is 20.7 Å². The molecule has 0 spiro atoms. The van der Waals surface area contributed by atoms with Gasteiger partial charge in [-0.25, -0.2) is 4.79 Å². The first-order chi connectivity index (χ1) is 9.15. The minimum absolute atomic E-state index is 0.181. The van der Waals surface area contributed by atoms with Gasteiger partial charge >= 0.3 is 6.09 Å². The monoisotopic (exact) mass is 287 g/mol. The lowest BCUT2D eigenvalue weighted by Crippen LogP contribution is -2.49. The van der Waals surface area contributed by atoms with Crippen molar-refractivity contribution in [2.45, 2.75) is 52.7 Å². The standard InChI is InChI=1S/C14H29N3O3/c1-10(2)9-11(12(18)16-8-7-15-6)17-13(19)20-14(3,4)5/h10-11,15H,7-9H2,1-6H3,(H,16,18)(H,17,19). The highest BCUT2D eigenvalue weighted by atomic mass is 16.6. The van der Waals surface area contributed by atoms with E-state index in [1.165, 1.54) is 0 Å². The van der Waals surface area contributed by atoms with E-state index < -0.39 is 17.7 Å². The molecule has 0 aliphatic heterocycles. The van der Waals surface area contributed by atoms with Gasteiger partial charge in [0.05, 0.1) is 0 Å². The van der Waals surface area contributed by atoms with Crippen molar-refractivity contribution in [3.8, 4) is 0 Å². The molecule has 0 aromatic heterocycles. The average Bonchev–Trinajstić information content (AvgIpc) is 2.25. The van der Waals surface area contributed by atoms with Crippen LogP contribution in [-0.4, -0.2) is 43.8 Å². The quantitative estimate of drug-likeness (QED) is 0.616. The van der Waals surface area contributed by atoms with Gasteiger partial charge in [-0.3, -0.25) is 4.79 Å². The number of amides is 2. The molecule has 0 saturated carbocycles. The van der Waals surface area contributed by atoms with Crippen LogP contribution in [0.1, 0.15) is 41.0 Å². The number of alkyl carbamates (subject to hydrolysis) is 1. The molecular weight excluding hydrogens is 258 g/mol. The third-order valence-corrected chi connectivity index (χ3v) is 2.39. The number of nitrogens with one attached hydrogen (secondary N) is 3. The molecule has 20 heavy (non-hydrogen) atoms. The van der Waals surface area contributed by atoms with Gasteiger partial charge in [-0.1, -0.05) is 13.8 Å². The second kappa shape index (κ2) is 8.79. The second-order valence-electron chi connectivity index (χ2n) is 6.22. The van der Waals surface area contributed by atoms with Gasteiger partial charge in [0, 0.05) is 13.1 Å². The number of carbonyl (C=O) groups excluding carboxylic acids is 2. The van der Waals surface area contributed by atoms with Crippen LogP contribution in [-0.2, 0) is 9.53 Å². The summed E-state index contributed by atoms with van der Waals surface area (Å²) in [5.74, 6) is 0.116. The van der Waals surface area contributed by atoms with Crippen LogP contribution >= 0.6 is 0 Å². The Kier molecular flexibility index (Phi) is 8.22. The normalized spacial score (nSPS) is 12.9. The minimum atomic E-state index is -0.574. The van der Waals surface area contributed by atoms with E-state index >= 15 is 0 Å². The SMILES string of the molecule is CNCCNC(=O)C(CC(C)C)NC(=O)OC(C)(C)C. The van der Waals surface area contributed by atoms with Gasteiger partial charge in [0.25, 0.3) is 0 Å². The van der Waals surface area contributed by atoms with Gasteiger partial charge in [0.2, 0.25) is 5.91 Å². The number of ether oxygens (including phenoxy) is 1. The fourth-order valence-electron chi connectivity index (χ4n) is 1.59. The number of carbonyl (C=O) groups is 2. The molecule has 118 valence electrons. The van der Waals surface area contributed by atoms with Crippen LogP contribution < -0.4 is 16.0 Å². The van der Waals surface area contributed by atoms with Gasteiger partial charge in [-0.2, -0.15) is 0 Å². The smallest absolute Gasteiger partial charge is 0.408 e. The van der Waals surface area contributed by atoms with Crippen LogP contribution in [0.25, 0.3) is 0 Å². The third-order valence-electron chi connectivity index (χ3n) is 2.39. The maximum atomic E-state index is 12.0. The van der Waals surface area contributed by atoms with Crippen LogP contribution in [0.2, 0.25) is 0 Å². The lowest BCUT2D eigenvalue weighted by atomic mass is 10.0. The van der Waals surface area contributed by atoms with E-state index in [2.05, 4.69) is 16.0 Å². The first-order valence-electron chi connectivity index (χ1n) is 7.07. The minimum Gasteiger partial charge on any atom is -0.444 e. The molecule has 0 aliphatic carbocycles. The van der Waals surface area contributed by atoms with Gasteiger partial charge in [-0.15, -0.1) is 0 Å². The van der Waals surface area contributed by atoms with E-state index in [0.29, 0.717) is 25.4 Å². The fraction of sp³-hybridized carbons (Fsp3) is 0.857. The number of likely N-dealkylation sites (N-methyl/N-ethyl adjacent to an activating group) is 1. The Morgan fingerprint density at radius 3 is 2.20 bits per heavy atom. The predicted octanol–water partition coefficient (Wildman–Crippen LogP) is 1.26. The lowest BCUT2D eigenvalue weighted by molar-refractivity contribution is -0.123. The van der Waals surface area contributed by atoms with E-state index in [1.54, 1.807) is 20.8 Å². The average molecular weight is 287 g/mol. The largest absolute Gasteiger partial charge is 0.444 e. The molecule has 6 nitrogen and oxygen atoms in total. The molecule has 0 radical (unpaired) electrons. The van der Waals surface area contributed by atoms with Crippen molar-refractivity contribution < 1.29 is 14.3 Å². The highest BCUT2D eigenvalue weighted by Gasteiger charge is 2.24. The van der Waals surface area contributed by atoms with Crippen LogP contribution in [0.5, 0.6) is 0 Å². The Labute approximate surface area is 122 Å². The molecule has 6 heteroatoms. The zero-order chi connectivity index (χ0) is 15.8. The predicted molar refractivity (Wildman–Crippen MR) is 79.5 cm³/mol. The molecule has 0 saturated heterocycles. The van der Waals surface area contributed by atoms with Crippen LogP contribution in [0.4, 0.5) is 4.79 Å². The molecule has 0 bridgehead atoms. The lowest BCUT2D eigenvalue weighted by Gasteiger charge is -2.24. The van der Waals surface area contributed by atoms with Crippen molar-refractivity contribution in [3.05, 3.63) is 0 Å². The Hall–Kier alpha value is -1.30. The molecule has 0 aromatic carbocycles. The van der Waals surface area contributed by atoms with Crippen LogP contribution in [0, 0.1) is 5.92 Å². The highest BCUT2D eigenvalue weighted by Crippen LogP contribution is 2.09. The zero-order valence-corrected chi connectivity index (χ0v) is 13.5. The summed E-state index contributed by atoms with van der Waals surface area (Å²) in [6.45, 7) is 10.6. The van der Waals surface area contributed by atoms with E-state index in [4.69, 9.17) is 4.74 Å². The Bertz CT molecular complexity index is 311. The van der Waals surface area contributed by atoms with E-state index in [9.17, 15) is 9.59 Å². The molecule has 0 aromatic rings. The van der Waals surface area contributed by atoms with Crippen molar-refractivity contribution in [1.82, 2.24) is 16.0 Å². The molecule has 2 amide bonds. The summed E-state index contributed by atoms with van der Waals surface area (Å²) in [6, 6.07) is -0.568. The summed E-state index contributed by atoms with van der Waals surface area (Å²) in [7, 11) is 1.82. The second-order valence-corrected chi connectivity index (χ2v) is 6.22. The van der Waals surface area contributed by atoms with Crippen molar-refractivity contribution in [2.24, 2.45) is 5.92 Å². The van der Waals surface area contributed by atoms with Gasteiger partial charge in [0.15, 0.2) is 0 Å². The van der Waals surface area contributed by atoms with Crippen molar-refractivity contribution >= 4 is 12.0 Å². The van der Waals surface area contributed by atoms with Crippen molar-refractivity contribution in [1.29, 1.82) is 0 Å². The Morgan fingerprint density at radius 1 is 1.15 bits per heavy atom. The summed E-state index contributed by atoms with van der Waals surface area (Å²) in [5.41, 5.74) is -0.574. The fourth-order valence-corrected chi connectivity index (χ4v) is 1.59. The summed E-state index contributed by atoms with van der Waals surface area (Å²) in [4.78, 5) is 23.8. The third kappa shape index (κ3) is 9.61. The molecule has 1 unspecified atom stereocenters. The maximum Gasteiger partial charge on any atom is 0.408 e. The van der Waals surface area contributed by atoms with E-state index in [-0.39, 0.29) is 5.91 Å². The zero-order valence-electron chi connectivity index (χ0n) is 13.5. The maximum absolute atomic E-state index is 12.0. The number of hydrogen-bond donors (Lipinski definition) is 3. The summed E-state index contributed by atoms with van der Waals surface area (Å²) in [6.07, 6.45) is 0.0110. The molecule has 0 rings (SSSR count). The van der Waals surface area contributed by atoms with Crippen LogP contribution in [0.15, 0.2) is 0 Å². The summed E-state index contributed by atoms with van der Waals surface area (Å²) < 4.78 is 5.18. The summed E-state index contributed by atoms with van der Waals surface area (Å²) in [5, 5.41) is 8.37. The first kappa shape index (κ1) is 18.7. The molecule has 3 N–H and O–H groups in total. The summed E-state index contributed by atoms with van der Waals surface area (Å²) >= 11 is 0. The van der Waals surface area contributed by atoms with E-state index in [0.717, 1.165) is 0 Å². The van der Waals surface area contributed by atoms with E-state index in [1.807, 2.05) is 20.9 Å². The topological polar surface area (TPSA) is 79.5 Å².